The van der Waals surface area contributed by atoms with Crippen molar-refractivity contribution < 1.29 is 14.4 Å². The van der Waals surface area contributed by atoms with Gasteiger partial charge in [0.25, 0.3) is 0 Å². The summed E-state index contributed by atoms with van der Waals surface area (Å²) in [4.78, 5) is 39.8. The standard InChI is InChI=1S/C22H25BrN4O3/c1-15(28)24-17-5-7-18(8-6-17)25-21(29)22(30)27-13-11-20(12-14-27)26(2)19-9-3-16(23)4-10-19/h3-10,20H,11-14H2,1-2H3,(H,24,28)(H,25,29). The number of hydrogen-bond donors (Lipinski definition) is 2. The van der Waals surface area contributed by atoms with Gasteiger partial charge in [0.15, 0.2) is 0 Å². The lowest BCUT2D eigenvalue weighted by Gasteiger charge is -2.37. The number of likely N-dealkylation sites (tertiary alicyclic amines) is 1. The number of nitrogens with zero attached hydrogens (tertiary/aromatic N) is 2. The SMILES string of the molecule is CC(=O)Nc1ccc(NC(=O)C(=O)N2CCC(N(C)c3ccc(Br)cc3)CC2)cc1. The van der Waals surface area contributed by atoms with E-state index in [4.69, 9.17) is 0 Å². The Morgan fingerprint density at radius 1 is 0.933 bits per heavy atom. The van der Waals surface area contributed by atoms with Crippen LogP contribution in [-0.2, 0) is 14.4 Å². The molecule has 1 saturated heterocycles. The van der Waals surface area contributed by atoms with Crippen LogP contribution in [0.3, 0.4) is 0 Å². The molecule has 0 spiro atoms. The van der Waals surface area contributed by atoms with Crippen LogP contribution in [0, 0.1) is 0 Å². The summed E-state index contributed by atoms with van der Waals surface area (Å²) in [5.74, 6) is -1.34. The van der Waals surface area contributed by atoms with E-state index in [1.165, 1.54) is 6.92 Å². The normalized spacial score (nSPS) is 14.2. The maximum atomic E-state index is 12.5. The summed E-state index contributed by atoms with van der Waals surface area (Å²) in [5.41, 5.74) is 2.26. The largest absolute Gasteiger partial charge is 0.371 e. The highest BCUT2D eigenvalue weighted by atomic mass is 79.9. The highest BCUT2D eigenvalue weighted by Crippen LogP contribution is 2.24. The zero-order chi connectivity index (χ0) is 21.7. The molecule has 0 radical (unpaired) electrons. The van der Waals surface area contributed by atoms with E-state index in [1.54, 1.807) is 29.2 Å². The maximum Gasteiger partial charge on any atom is 0.313 e. The fourth-order valence-corrected chi connectivity index (χ4v) is 3.78. The second kappa shape index (κ2) is 9.75. The number of carbonyl (C=O) groups excluding carboxylic acids is 3. The first kappa shape index (κ1) is 21.8. The molecule has 1 aliphatic rings. The van der Waals surface area contributed by atoms with Crippen LogP contribution in [-0.4, -0.2) is 48.8 Å². The molecule has 8 heteroatoms. The highest BCUT2D eigenvalue weighted by molar-refractivity contribution is 9.10. The predicted molar refractivity (Wildman–Crippen MR) is 122 cm³/mol. The second-order valence-electron chi connectivity index (χ2n) is 7.32. The quantitative estimate of drug-likeness (QED) is 0.667. The molecule has 0 aliphatic carbocycles. The van der Waals surface area contributed by atoms with Gasteiger partial charge < -0.3 is 20.4 Å². The molecule has 2 N–H and O–H groups in total. The molecule has 1 aliphatic heterocycles. The molecule has 30 heavy (non-hydrogen) atoms. The maximum absolute atomic E-state index is 12.5. The fourth-order valence-electron chi connectivity index (χ4n) is 3.51. The molecule has 2 aromatic rings. The number of amides is 3. The number of anilines is 3. The van der Waals surface area contributed by atoms with Crippen molar-refractivity contribution in [1.82, 2.24) is 4.90 Å². The summed E-state index contributed by atoms with van der Waals surface area (Å²) in [5, 5.41) is 5.28. The summed E-state index contributed by atoms with van der Waals surface area (Å²) in [6.07, 6.45) is 1.61. The minimum atomic E-state index is -0.651. The van der Waals surface area contributed by atoms with Crippen LogP contribution in [0.2, 0.25) is 0 Å². The number of carbonyl (C=O) groups is 3. The average Bonchev–Trinajstić information content (AvgIpc) is 2.74. The molecular formula is C22H25BrN4O3. The van der Waals surface area contributed by atoms with Gasteiger partial charge in [-0.3, -0.25) is 14.4 Å². The van der Waals surface area contributed by atoms with E-state index in [0.717, 1.165) is 23.0 Å². The Bertz CT molecular complexity index is 907. The molecular weight excluding hydrogens is 448 g/mol. The predicted octanol–water partition coefficient (Wildman–Crippen LogP) is 3.47. The smallest absolute Gasteiger partial charge is 0.313 e. The summed E-state index contributed by atoms with van der Waals surface area (Å²) >= 11 is 3.45. The van der Waals surface area contributed by atoms with Gasteiger partial charge in [0.05, 0.1) is 0 Å². The third-order valence-corrected chi connectivity index (χ3v) is 5.72. The first-order chi connectivity index (χ1) is 14.3. The minimum absolute atomic E-state index is 0.170. The zero-order valence-electron chi connectivity index (χ0n) is 17.0. The van der Waals surface area contributed by atoms with Crippen molar-refractivity contribution in [2.45, 2.75) is 25.8 Å². The molecule has 0 saturated carbocycles. The second-order valence-corrected chi connectivity index (χ2v) is 8.24. The Hall–Kier alpha value is -2.87. The van der Waals surface area contributed by atoms with E-state index in [2.05, 4.69) is 50.6 Å². The van der Waals surface area contributed by atoms with Crippen LogP contribution in [0.4, 0.5) is 17.1 Å². The van der Waals surface area contributed by atoms with E-state index < -0.39 is 11.8 Å². The summed E-state index contributed by atoms with van der Waals surface area (Å²) < 4.78 is 1.04. The molecule has 0 aromatic heterocycles. The van der Waals surface area contributed by atoms with Gasteiger partial charge in [-0.1, -0.05) is 15.9 Å². The van der Waals surface area contributed by atoms with Gasteiger partial charge in [-0.05, 0) is 61.4 Å². The number of nitrogens with one attached hydrogen (secondary N) is 2. The van der Waals surface area contributed by atoms with Crippen molar-refractivity contribution >= 4 is 50.7 Å². The van der Waals surface area contributed by atoms with Crippen molar-refractivity contribution in [1.29, 1.82) is 0 Å². The molecule has 1 fully saturated rings. The van der Waals surface area contributed by atoms with Gasteiger partial charge >= 0.3 is 11.8 Å². The van der Waals surface area contributed by atoms with Gasteiger partial charge in [0, 0.05) is 54.6 Å². The van der Waals surface area contributed by atoms with Crippen LogP contribution >= 0.6 is 15.9 Å². The number of piperidine rings is 1. The van der Waals surface area contributed by atoms with Crippen LogP contribution < -0.4 is 15.5 Å². The zero-order valence-corrected chi connectivity index (χ0v) is 18.6. The van der Waals surface area contributed by atoms with Gasteiger partial charge in [-0.2, -0.15) is 0 Å². The van der Waals surface area contributed by atoms with Crippen molar-refractivity contribution in [2.75, 3.05) is 35.7 Å². The molecule has 0 unspecified atom stereocenters. The Balaban J connectivity index is 1.51. The van der Waals surface area contributed by atoms with Crippen molar-refractivity contribution in [2.24, 2.45) is 0 Å². The molecule has 2 aromatic carbocycles. The van der Waals surface area contributed by atoms with E-state index in [1.807, 2.05) is 12.1 Å². The molecule has 0 bridgehead atoms. The van der Waals surface area contributed by atoms with E-state index in [0.29, 0.717) is 30.5 Å². The van der Waals surface area contributed by atoms with Gasteiger partial charge in [0.1, 0.15) is 0 Å². The van der Waals surface area contributed by atoms with Crippen molar-refractivity contribution in [3.8, 4) is 0 Å². The first-order valence-corrected chi connectivity index (χ1v) is 10.6. The van der Waals surface area contributed by atoms with Gasteiger partial charge in [-0.25, -0.2) is 0 Å². The third kappa shape index (κ3) is 5.60. The lowest BCUT2D eigenvalue weighted by molar-refractivity contribution is -0.143. The summed E-state index contributed by atoms with van der Waals surface area (Å²) in [6, 6.07) is 15.1. The molecule has 7 nitrogen and oxygen atoms in total. The minimum Gasteiger partial charge on any atom is -0.371 e. The Morgan fingerprint density at radius 3 is 2.00 bits per heavy atom. The van der Waals surface area contributed by atoms with Crippen molar-refractivity contribution in [3.63, 3.8) is 0 Å². The summed E-state index contributed by atoms with van der Waals surface area (Å²) in [7, 11) is 2.06. The average molecular weight is 473 g/mol. The van der Waals surface area contributed by atoms with Crippen LogP contribution in [0.5, 0.6) is 0 Å². The number of hydrogen-bond acceptors (Lipinski definition) is 4. The summed E-state index contributed by atoms with van der Waals surface area (Å²) in [6.45, 7) is 2.51. The Kier molecular flexibility index (Phi) is 7.10. The highest BCUT2D eigenvalue weighted by Gasteiger charge is 2.28. The number of benzene rings is 2. The van der Waals surface area contributed by atoms with Crippen LogP contribution in [0.15, 0.2) is 53.0 Å². The molecule has 1 heterocycles. The van der Waals surface area contributed by atoms with Crippen LogP contribution in [0.1, 0.15) is 19.8 Å². The molecule has 3 amide bonds. The fraction of sp³-hybridized carbons (Fsp3) is 0.318. The number of rotatable bonds is 4. The van der Waals surface area contributed by atoms with E-state index in [-0.39, 0.29) is 5.91 Å². The first-order valence-electron chi connectivity index (χ1n) is 9.80. The monoisotopic (exact) mass is 472 g/mol. The Morgan fingerprint density at radius 2 is 1.47 bits per heavy atom. The lowest BCUT2D eigenvalue weighted by atomic mass is 10.0. The Labute approximate surface area is 184 Å². The molecule has 3 rings (SSSR count). The topological polar surface area (TPSA) is 81.8 Å². The van der Waals surface area contributed by atoms with E-state index in [9.17, 15) is 14.4 Å². The van der Waals surface area contributed by atoms with Gasteiger partial charge in [-0.15, -0.1) is 0 Å². The third-order valence-electron chi connectivity index (χ3n) is 5.19. The molecule has 158 valence electrons. The lowest BCUT2D eigenvalue weighted by Crippen LogP contribution is -2.48. The number of halogens is 1. The van der Waals surface area contributed by atoms with Crippen molar-refractivity contribution in [3.05, 3.63) is 53.0 Å². The molecule has 0 atom stereocenters. The van der Waals surface area contributed by atoms with Crippen LogP contribution in [0.25, 0.3) is 0 Å². The van der Waals surface area contributed by atoms with Gasteiger partial charge in [0.2, 0.25) is 5.91 Å². The van der Waals surface area contributed by atoms with E-state index >= 15 is 0 Å².